The van der Waals surface area contributed by atoms with Crippen LogP contribution in [-0.2, 0) is 16.0 Å². The molecule has 0 unspecified atom stereocenters. The Kier molecular flexibility index (Phi) is 9.60. The van der Waals surface area contributed by atoms with Crippen molar-refractivity contribution in [3.8, 4) is 5.75 Å². The average molecular weight is 345 g/mol. The number of rotatable bonds is 12. The van der Waals surface area contributed by atoms with E-state index < -0.39 is 5.97 Å². The van der Waals surface area contributed by atoms with Gasteiger partial charge in [-0.25, -0.2) is 0 Å². The quantitative estimate of drug-likeness (QED) is 0.344. The van der Waals surface area contributed by atoms with E-state index in [0.717, 1.165) is 35.7 Å². The van der Waals surface area contributed by atoms with Gasteiger partial charge < -0.3 is 19.9 Å². The Morgan fingerprint density at radius 1 is 1.32 bits per heavy atom. The Hall–Kier alpha value is -2.69. The van der Waals surface area contributed by atoms with Gasteiger partial charge in [0.15, 0.2) is 0 Å². The van der Waals surface area contributed by atoms with E-state index in [9.17, 15) is 4.79 Å². The van der Waals surface area contributed by atoms with Crippen molar-refractivity contribution in [2.45, 2.75) is 26.2 Å². The Labute approximate surface area is 149 Å². The normalized spacial score (nSPS) is 11.8. The van der Waals surface area contributed by atoms with Crippen LogP contribution in [-0.4, -0.2) is 31.3 Å². The zero-order valence-corrected chi connectivity index (χ0v) is 15.0. The summed E-state index contributed by atoms with van der Waals surface area (Å²) in [5, 5.41) is 12.0. The van der Waals surface area contributed by atoms with Crippen LogP contribution in [0.3, 0.4) is 0 Å². The summed E-state index contributed by atoms with van der Waals surface area (Å²) in [6.07, 6.45) is 6.94. The van der Waals surface area contributed by atoms with Crippen LogP contribution in [0.1, 0.15) is 25.3 Å². The molecule has 0 heterocycles. The predicted octanol–water partition coefficient (Wildman–Crippen LogP) is 3.68. The number of nitrogens with one attached hydrogen (secondary N) is 1. The van der Waals surface area contributed by atoms with Gasteiger partial charge in [-0.2, -0.15) is 0 Å². The molecule has 0 aliphatic rings. The van der Waals surface area contributed by atoms with Crippen LogP contribution < -0.4 is 10.1 Å². The highest BCUT2D eigenvalue weighted by Gasteiger charge is 2.00. The van der Waals surface area contributed by atoms with Crippen molar-refractivity contribution >= 4 is 5.97 Å². The fourth-order valence-electron chi connectivity index (χ4n) is 2.11. The highest BCUT2D eigenvalue weighted by Crippen LogP contribution is 2.13. The molecule has 1 aromatic rings. The molecule has 0 saturated heterocycles. The zero-order valence-electron chi connectivity index (χ0n) is 15.0. The van der Waals surface area contributed by atoms with Crippen LogP contribution in [0.15, 0.2) is 60.5 Å². The number of ether oxygens (including phenoxy) is 2. The first kappa shape index (κ1) is 20.4. The lowest BCUT2D eigenvalue weighted by molar-refractivity contribution is -0.136. The number of carbonyl (C=O) groups is 1. The van der Waals surface area contributed by atoms with Crippen LogP contribution in [0.5, 0.6) is 5.75 Å². The third kappa shape index (κ3) is 9.25. The second kappa shape index (κ2) is 11.8. The van der Waals surface area contributed by atoms with E-state index >= 15 is 0 Å². The fraction of sp³-hybridized carbons (Fsp3) is 0.350. The number of hydrogen-bond donors (Lipinski definition) is 2. The van der Waals surface area contributed by atoms with Crippen LogP contribution >= 0.6 is 0 Å². The molecule has 2 N–H and O–H groups in total. The van der Waals surface area contributed by atoms with Crippen molar-refractivity contribution in [3.63, 3.8) is 0 Å². The standard InChI is InChI=1S/C20H27NO4/c1-4-6-19(24-3)15-16(2)21-13-5-14-25-18-10-7-17(8-11-18)9-12-20(22)23/h4,6-8,10-11,15,21H,1,5,9,12-14H2,2-3H3,(H,22,23)/b16-15+,19-6+. The molecule has 5 heteroatoms. The second-order valence-electron chi connectivity index (χ2n) is 5.50. The summed E-state index contributed by atoms with van der Waals surface area (Å²) in [7, 11) is 1.62. The molecule has 0 amide bonds. The molecule has 0 aliphatic carbocycles. The third-order valence-corrected chi connectivity index (χ3v) is 3.42. The lowest BCUT2D eigenvalue weighted by Crippen LogP contribution is -2.15. The summed E-state index contributed by atoms with van der Waals surface area (Å²) in [4.78, 5) is 10.6. The minimum absolute atomic E-state index is 0.144. The first-order valence-corrected chi connectivity index (χ1v) is 8.27. The molecule has 0 bridgehead atoms. The molecule has 25 heavy (non-hydrogen) atoms. The van der Waals surface area contributed by atoms with Crippen molar-refractivity contribution in [1.29, 1.82) is 0 Å². The van der Waals surface area contributed by atoms with Crippen molar-refractivity contribution in [1.82, 2.24) is 5.32 Å². The van der Waals surface area contributed by atoms with E-state index in [-0.39, 0.29) is 6.42 Å². The molecular weight excluding hydrogens is 318 g/mol. The summed E-state index contributed by atoms with van der Waals surface area (Å²) in [6, 6.07) is 7.56. The molecule has 5 nitrogen and oxygen atoms in total. The maximum Gasteiger partial charge on any atom is 0.303 e. The summed E-state index contributed by atoms with van der Waals surface area (Å²) >= 11 is 0. The number of carboxylic acids is 1. The van der Waals surface area contributed by atoms with Gasteiger partial charge in [0.1, 0.15) is 11.5 Å². The van der Waals surface area contributed by atoms with Gasteiger partial charge in [0.25, 0.3) is 0 Å². The average Bonchev–Trinajstić information content (AvgIpc) is 2.60. The van der Waals surface area contributed by atoms with Gasteiger partial charge in [-0.3, -0.25) is 4.79 Å². The van der Waals surface area contributed by atoms with E-state index in [1.807, 2.05) is 37.3 Å². The van der Waals surface area contributed by atoms with E-state index in [4.69, 9.17) is 14.6 Å². The molecular formula is C20H27NO4. The highest BCUT2D eigenvalue weighted by atomic mass is 16.5. The van der Waals surface area contributed by atoms with Crippen molar-refractivity contribution < 1.29 is 19.4 Å². The van der Waals surface area contributed by atoms with Gasteiger partial charge in [-0.1, -0.05) is 24.8 Å². The fourth-order valence-corrected chi connectivity index (χ4v) is 2.11. The Bertz CT molecular complexity index is 603. The van der Waals surface area contributed by atoms with E-state index in [1.165, 1.54) is 0 Å². The molecule has 0 saturated carbocycles. The molecule has 0 spiro atoms. The highest BCUT2D eigenvalue weighted by molar-refractivity contribution is 5.67. The Balaban J connectivity index is 2.27. The second-order valence-corrected chi connectivity index (χ2v) is 5.50. The van der Waals surface area contributed by atoms with Gasteiger partial charge in [0.05, 0.1) is 13.7 Å². The molecule has 1 rings (SSSR count). The maximum atomic E-state index is 10.6. The SMILES string of the molecule is C=C/C=C(\C=C(/C)NCCCOc1ccc(CCC(=O)O)cc1)OC. The molecule has 136 valence electrons. The largest absolute Gasteiger partial charge is 0.497 e. The van der Waals surface area contributed by atoms with Gasteiger partial charge >= 0.3 is 5.97 Å². The van der Waals surface area contributed by atoms with E-state index in [2.05, 4.69) is 11.9 Å². The summed E-state index contributed by atoms with van der Waals surface area (Å²) in [6.45, 7) is 7.03. The zero-order chi connectivity index (χ0) is 18.5. The van der Waals surface area contributed by atoms with Gasteiger partial charge in [0, 0.05) is 18.7 Å². The molecule has 0 aliphatic heterocycles. The number of hydrogen-bond acceptors (Lipinski definition) is 4. The molecule has 1 aromatic carbocycles. The topological polar surface area (TPSA) is 67.8 Å². The van der Waals surface area contributed by atoms with Crippen LogP contribution in [0.25, 0.3) is 0 Å². The smallest absolute Gasteiger partial charge is 0.303 e. The molecule has 0 aromatic heterocycles. The number of allylic oxidation sites excluding steroid dienone is 4. The van der Waals surface area contributed by atoms with Gasteiger partial charge in [-0.15, -0.1) is 0 Å². The van der Waals surface area contributed by atoms with Gasteiger partial charge in [-0.05, 0) is 49.6 Å². The minimum Gasteiger partial charge on any atom is -0.497 e. The number of methoxy groups -OCH3 is 1. The number of carboxylic acid groups (broad SMARTS) is 1. The number of benzene rings is 1. The van der Waals surface area contributed by atoms with Gasteiger partial charge in [0.2, 0.25) is 0 Å². The first-order valence-electron chi connectivity index (χ1n) is 8.27. The summed E-state index contributed by atoms with van der Waals surface area (Å²) in [5.74, 6) is 0.760. The van der Waals surface area contributed by atoms with Crippen LogP contribution in [0.2, 0.25) is 0 Å². The van der Waals surface area contributed by atoms with Crippen molar-refractivity contribution in [2.24, 2.45) is 0 Å². The van der Waals surface area contributed by atoms with E-state index in [1.54, 1.807) is 19.3 Å². The Morgan fingerprint density at radius 2 is 2.04 bits per heavy atom. The molecule has 0 radical (unpaired) electrons. The van der Waals surface area contributed by atoms with Crippen molar-refractivity contribution in [2.75, 3.05) is 20.3 Å². The summed E-state index contributed by atoms with van der Waals surface area (Å²) < 4.78 is 10.9. The van der Waals surface area contributed by atoms with Crippen molar-refractivity contribution in [3.05, 3.63) is 66.1 Å². The third-order valence-electron chi connectivity index (χ3n) is 3.42. The molecule has 0 fully saturated rings. The number of aryl methyl sites for hydroxylation is 1. The van der Waals surface area contributed by atoms with E-state index in [0.29, 0.717) is 13.0 Å². The lowest BCUT2D eigenvalue weighted by atomic mass is 10.1. The predicted molar refractivity (Wildman–Crippen MR) is 99.6 cm³/mol. The van der Waals surface area contributed by atoms with Crippen LogP contribution in [0.4, 0.5) is 0 Å². The minimum atomic E-state index is -0.783. The lowest BCUT2D eigenvalue weighted by Gasteiger charge is -2.09. The number of aliphatic carboxylic acids is 1. The first-order chi connectivity index (χ1) is 12.0. The molecule has 0 atom stereocenters. The monoisotopic (exact) mass is 345 g/mol. The Morgan fingerprint density at radius 3 is 2.64 bits per heavy atom. The maximum absolute atomic E-state index is 10.6. The van der Waals surface area contributed by atoms with Crippen LogP contribution in [0, 0.1) is 0 Å². The summed E-state index contributed by atoms with van der Waals surface area (Å²) in [5.41, 5.74) is 2.01.